The maximum absolute atomic E-state index is 13.4. The van der Waals surface area contributed by atoms with E-state index in [-0.39, 0.29) is 23.7 Å². The van der Waals surface area contributed by atoms with Crippen LogP contribution >= 0.6 is 31.9 Å². The number of hydrogen-bond donors (Lipinski definition) is 1. The van der Waals surface area contributed by atoms with Crippen LogP contribution in [0.5, 0.6) is 5.75 Å². The summed E-state index contributed by atoms with van der Waals surface area (Å²) in [4.78, 5) is 40.0. The van der Waals surface area contributed by atoms with E-state index in [1.165, 1.54) is 0 Å². The average Bonchev–Trinajstić information content (AvgIpc) is 2.84. The van der Waals surface area contributed by atoms with Crippen LogP contribution in [0.15, 0.2) is 67.9 Å². The second kappa shape index (κ2) is 9.98. The molecule has 1 aliphatic heterocycles. The SMILES string of the molecule is CN1C2=C(C(=O)CCC2)C(c2cc(Br)cc(Br)c2OCc2ccc(C(=O)O)cc2)C2=C1CCCC2=O. The van der Waals surface area contributed by atoms with Gasteiger partial charge in [0.05, 0.1) is 10.0 Å². The zero-order valence-corrected chi connectivity index (χ0v) is 22.9. The summed E-state index contributed by atoms with van der Waals surface area (Å²) < 4.78 is 7.85. The van der Waals surface area contributed by atoms with Gasteiger partial charge in [0.25, 0.3) is 0 Å². The van der Waals surface area contributed by atoms with E-state index >= 15 is 0 Å². The van der Waals surface area contributed by atoms with Crippen molar-refractivity contribution in [1.29, 1.82) is 0 Å². The number of halogens is 2. The minimum absolute atomic E-state index is 0.0873. The van der Waals surface area contributed by atoms with Crippen LogP contribution in [0.25, 0.3) is 0 Å². The van der Waals surface area contributed by atoms with Crippen molar-refractivity contribution in [3.8, 4) is 5.75 Å². The number of carboxylic acid groups (broad SMARTS) is 1. The van der Waals surface area contributed by atoms with Gasteiger partial charge in [-0.3, -0.25) is 9.59 Å². The van der Waals surface area contributed by atoms with Gasteiger partial charge in [0.15, 0.2) is 11.6 Å². The first-order valence-electron chi connectivity index (χ1n) is 12.0. The lowest BCUT2D eigenvalue weighted by Crippen LogP contribution is -2.37. The van der Waals surface area contributed by atoms with Crippen molar-refractivity contribution >= 4 is 49.4 Å². The van der Waals surface area contributed by atoms with Crippen molar-refractivity contribution in [2.45, 2.75) is 51.0 Å². The number of carbonyl (C=O) groups is 3. The monoisotopic (exact) mass is 613 g/mol. The lowest BCUT2D eigenvalue weighted by molar-refractivity contribution is -0.117. The number of nitrogens with zero attached hydrogens (tertiary/aromatic N) is 1. The Bertz CT molecular complexity index is 1300. The molecule has 1 heterocycles. The van der Waals surface area contributed by atoms with Crippen LogP contribution in [0, 0.1) is 0 Å². The van der Waals surface area contributed by atoms with Crippen LogP contribution in [0.3, 0.4) is 0 Å². The van der Waals surface area contributed by atoms with E-state index in [0.717, 1.165) is 52.7 Å². The first-order chi connectivity index (χ1) is 17.3. The van der Waals surface area contributed by atoms with Gasteiger partial charge in [0.1, 0.15) is 12.4 Å². The van der Waals surface area contributed by atoms with Crippen molar-refractivity contribution in [3.63, 3.8) is 0 Å². The molecule has 186 valence electrons. The highest BCUT2D eigenvalue weighted by atomic mass is 79.9. The molecular formula is C28H25Br2NO5. The normalized spacial score (nSPS) is 18.4. The molecule has 0 saturated heterocycles. The van der Waals surface area contributed by atoms with E-state index in [9.17, 15) is 14.4 Å². The number of benzene rings is 2. The molecule has 0 radical (unpaired) electrons. The molecule has 0 aromatic heterocycles. The molecule has 1 N–H and O–H groups in total. The molecule has 36 heavy (non-hydrogen) atoms. The highest BCUT2D eigenvalue weighted by molar-refractivity contribution is 9.11. The molecule has 8 heteroatoms. The molecule has 0 bridgehead atoms. The van der Waals surface area contributed by atoms with Gasteiger partial charge in [0, 0.05) is 58.4 Å². The molecule has 0 saturated carbocycles. The first-order valence-corrected chi connectivity index (χ1v) is 13.5. The largest absolute Gasteiger partial charge is 0.487 e. The lowest BCUT2D eigenvalue weighted by atomic mass is 9.71. The number of rotatable bonds is 5. The number of Topliss-reactive ketones (excluding diaryl/α,β-unsaturated/α-hetero) is 2. The van der Waals surface area contributed by atoms with Gasteiger partial charge in [0.2, 0.25) is 0 Å². The third-order valence-electron chi connectivity index (χ3n) is 7.18. The zero-order valence-electron chi connectivity index (χ0n) is 19.8. The summed E-state index contributed by atoms with van der Waals surface area (Å²) in [5, 5.41) is 9.17. The fourth-order valence-corrected chi connectivity index (χ4v) is 6.88. The predicted octanol–water partition coefficient (Wildman–Crippen LogP) is 6.53. The molecule has 3 aliphatic rings. The van der Waals surface area contributed by atoms with Gasteiger partial charge in [-0.25, -0.2) is 4.79 Å². The first kappa shape index (κ1) is 25.0. The van der Waals surface area contributed by atoms with Crippen LogP contribution < -0.4 is 4.74 Å². The smallest absolute Gasteiger partial charge is 0.335 e. The third kappa shape index (κ3) is 4.45. The summed E-state index contributed by atoms with van der Waals surface area (Å²) in [5.41, 5.74) is 5.23. The number of aromatic carboxylic acids is 1. The Kier molecular flexibility index (Phi) is 6.92. The van der Waals surface area contributed by atoms with Crippen molar-refractivity contribution in [2.75, 3.05) is 7.05 Å². The number of hydrogen-bond acceptors (Lipinski definition) is 5. The predicted molar refractivity (Wildman–Crippen MR) is 142 cm³/mol. The standard InChI is InChI=1S/C28H25Br2NO5/c1-31-20-4-2-6-22(32)25(20)24(26-21(31)5-3-7-23(26)33)18-12-17(29)13-19(30)27(18)36-14-15-8-10-16(11-9-15)28(34)35/h8-13,24H,2-7,14H2,1H3,(H,34,35). The minimum Gasteiger partial charge on any atom is -0.487 e. The second-order valence-electron chi connectivity index (χ2n) is 9.36. The molecule has 0 fully saturated rings. The fourth-order valence-electron chi connectivity index (χ4n) is 5.51. The Hall–Kier alpha value is -2.71. The molecule has 2 aliphatic carbocycles. The molecule has 0 spiro atoms. The number of carboxylic acids is 1. The fraction of sp³-hybridized carbons (Fsp3) is 0.321. The third-order valence-corrected chi connectivity index (χ3v) is 8.22. The summed E-state index contributed by atoms with van der Waals surface area (Å²) in [5.74, 6) is -0.714. The van der Waals surface area contributed by atoms with Crippen molar-refractivity contribution in [1.82, 2.24) is 4.90 Å². The molecule has 2 aromatic carbocycles. The molecule has 0 amide bonds. The van der Waals surface area contributed by atoms with Gasteiger partial charge in [-0.1, -0.05) is 28.1 Å². The van der Waals surface area contributed by atoms with Crippen LogP contribution in [-0.2, 0) is 16.2 Å². The topological polar surface area (TPSA) is 83.9 Å². The van der Waals surface area contributed by atoms with Gasteiger partial charge >= 0.3 is 5.97 Å². The quantitative estimate of drug-likeness (QED) is 0.412. The number of ether oxygens (including phenoxy) is 1. The van der Waals surface area contributed by atoms with E-state index in [2.05, 4.69) is 36.8 Å². The van der Waals surface area contributed by atoms with Gasteiger partial charge in [-0.2, -0.15) is 0 Å². The summed E-state index contributed by atoms with van der Waals surface area (Å²) in [7, 11) is 1.98. The maximum atomic E-state index is 13.4. The van der Waals surface area contributed by atoms with Crippen molar-refractivity contribution < 1.29 is 24.2 Å². The average molecular weight is 615 g/mol. The minimum atomic E-state index is -0.981. The molecule has 2 aromatic rings. The summed E-state index contributed by atoms with van der Waals surface area (Å²) >= 11 is 7.24. The van der Waals surface area contributed by atoms with Gasteiger partial charge < -0.3 is 14.7 Å². The van der Waals surface area contributed by atoms with E-state index < -0.39 is 11.9 Å². The Balaban J connectivity index is 1.62. The highest BCUT2D eigenvalue weighted by Gasteiger charge is 2.43. The van der Waals surface area contributed by atoms with Crippen LogP contribution in [0.2, 0.25) is 0 Å². The van der Waals surface area contributed by atoms with Crippen molar-refractivity contribution in [3.05, 3.63) is 84.6 Å². The van der Waals surface area contributed by atoms with Crippen molar-refractivity contribution in [2.24, 2.45) is 0 Å². The lowest BCUT2D eigenvalue weighted by Gasteiger charge is -2.42. The molecule has 5 rings (SSSR count). The number of allylic oxidation sites excluding steroid dienone is 4. The van der Waals surface area contributed by atoms with Crippen LogP contribution in [0.1, 0.15) is 65.9 Å². The summed E-state index contributed by atoms with van der Waals surface area (Å²) in [6.07, 6.45) is 4.18. The Labute approximate surface area is 226 Å². The molecule has 0 atom stereocenters. The highest BCUT2D eigenvalue weighted by Crippen LogP contribution is 2.52. The van der Waals surface area contributed by atoms with E-state index in [0.29, 0.717) is 34.2 Å². The Morgan fingerprint density at radius 1 is 0.972 bits per heavy atom. The van der Waals surface area contributed by atoms with E-state index in [1.807, 2.05) is 19.2 Å². The van der Waals surface area contributed by atoms with E-state index in [1.54, 1.807) is 24.3 Å². The summed E-state index contributed by atoms with van der Waals surface area (Å²) in [6, 6.07) is 10.4. The molecular weight excluding hydrogens is 590 g/mol. The number of ketones is 2. The van der Waals surface area contributed by atoms with Crippen LogP contribution in [-0.4, -0.2) is 34.6 Å². The molecule has 6 nitrogen and oxygen atoms in total. The zero-order chi connectivity index (χ0) is 25.6. The van der Waals surface area contributed by atoms with Gasteiger partial charge in [-0.15, -0.1) is 0 Å². The van der Waals surface area contributed by atoms with Crippen LogP contribution in [0.4, 0.5) is 0 Å². The van der Waals surface area contributed by atoms with Gasteiger partial charge in [-0.05, 0) is 71.4 Å². The number of carbonyl (C=O) groups excluding carboxylic acids is 2. The second-order valence-corrected chi connectivity index (χ2v) is 11.1. The Morgan fingerprint density at radius 3 is 2.11 bits per heavy atom. The molecule has 0 unspecified atom stereocenters. The maximum Gasteiger partial charge on any atom is 0.335 e. The Morgan fingerprint density at radius 2 is 1.56 bits per heavy atom. The summed E-state index contributed by atoms with van der Waals surface area (Å²) in [6.45, 7) is 0.208. The van der Waals surface area contributed by atoms with E-state index in [4.69, 9.17) is 9.84 Å².